The molecule has 0 aromatic rings. The zero-order valence-electron chi connectivity index (χ0n) is 10.0. The van der Waals surface area contributed by atoms with E-state index >= 15 is 0 Å². The molecule has 3 heteroatoms. The zero-order chi connectivity index (χ0) is 11.8. The van der Waals surface area contributed by atoms with Gasteiger partial charge in [0.25, 0.3) is 0 Å². The van der Waals surface area contributed by atoms with E-state index in [4.69, 9.17) is 5.11 Å². The fraction of sp³-hybridized carbons (Fsp3) is 0.667. The van der Waals surface area contributed by atoms with Crippen molar-refractivity contribution >= 4 is 12.2 Å². The number of aliphatic imine (C=N–C) groups is 1. The van der Waals surface area contributed by atoms with Gasteiger partial charge in [0.2, 0.25) is 0 Å². The van der Waals surface area contributed by atoms with E-state index in [1.54, 1.807) is 6.21 Å². The van der Waals surface area contributed by atoms with Gasteiger partial charge in [0.15, 0.2) is 0 Å². The number of carboxylic acid groups (broad SMARTS) is 1. The minimum absolute atomic E-state index is 0.0347. The van der Waals surface area contributed by atoms with Crippen LogP contribution in [-0.2, 0) is 4.79 Å². The highest BCUT2D eigenvalue weighted by Crippen LogP contribution is 2.40. The summed E-state index contributed by atoms with van der Waals surface area (Å²) in [6.07, 6.45) is 1.57. The van der Waals surface area contributed by atoms with Gasteiger partial charge in [-0.1, -0.05) is 20.8 Å². The first-order valence-corrected chi connectivity index (χ1v) is 5.19. The van der Waals surface area contributed by atoms with E-state index in [-0.39, 0.29) is 11.3 Å². The summed E-state index contributed by atoms with van der Waals surface area (Å²) in [5.41, 5.74) is 1.99. The van der Waals surface area contributed by atoms with Crippen LogP contribution in [0.2, 0.25) is 0 Å². The number of rotatable bonds is 1. The monoisotopic (exact) mass is 209 g/mol. The summed E-state index contributed by atoms with van der Waals surface area (Å²) in [6, 6.07) is 0. The molecule has 1 rings (SSSR count). The van der Waals surface area contributed by atoms with Crippen molar-refractivity contribution in [2.45, 2.75) is 34.6 Å². The molecule has 0 aliphatic carbocycles. The zero-order valence-corrected chi connectivity index (χ0v) is 10.0. The summed E-state index contributed by atoms with van der Waals surface area (Å²) in [5.74, 6) is -1.24. The molecule has 2 atom stereocenters. The average Bonchev–Trinajstić information content (AvgIpc) is 2.06. The topological polar surface area (TPSA) is 49.7 Å². The highest BCUT2D eigenvalue weighted by atomic mass is 16.4. The standard InChI is InChI=1S/C12H19NO2/c1-7-8(2)13-6-9(11(14)15)10(7)12(3,4)5/h6,9-10H,1-5H3,(H,14,15). The van der Waals surface area contributed by atoms with Crippen LogP contribution in [0.1, 0.15) is 34.6 Å². The van der Waals surface area contributed by atoms with Gasteiger partial charge in [-0.25, -0.2) is 0 Å². The number of hydrogen-bond acceptors (Lipinski definition) is 2. The van der Waals surface area contributed by atoms with Gasteiger partial charge >= 0.3 is 5.97 Å². The maximum Gasteiger partial charge on any atom is 0.312 e. The Bertz CT molecular complexity index is 334. The lowest BCUT2D eigenvalue weighted by Crippen LogP contribution is -2.37. The fourth-order valence-electron chi connectivity index (χ4n) is 2.27. The average molecular weight is 209 g/mol. The predicted octanol–water partition coefficient (Wildman–Crippen LogP) is 2.73. The first-order valence-electron chi connectivity index (χ1n) is 5.19. The molecule has 1 heterocycles. The van der Waals surface area contributed by atoms with Crippen molar-refractivity contribution in [3.05, 3.63) is 11.3 Å². The van der Waals surface area contributed by atoms with E-state index in [2.05, 4.69) is 25.8 Å². The first kappa shape index (κ1) is 12.0. The third kappa shape index (κ3) is 2.28. The van der Waals surface area contributed by atoms with E-state index in [1.165, 1.54) is 0 Å². The van der Waals surface area contributed by atoms with Crippen LogP contribution >= 0.6 is 0 Å². The minimum atomic E-state index is -0.787. The molecular formula is C12H19NO2. The molecule has 84 valence electrons. The molecule has 0 amide bonds. The Labute approximate surface area is 90.9 Å². The van der Waals surface area contributed by atoms with Crippen LogP contribution in [0.15, 0.2) is 16.3 Å². The molecule has 1 aliphatic heterocycles. The Morgan fingerprint density at radius 2 is 1.93 bits per heavy atom. The van der Waals surface area contributed by atoms with Crippen molar-refractivity contribution in [3.8, 4) is 0 Å². The maximum atomic E-state index is 11.1. The quantitative estimate of drug-likeness (QED) is 0.721. The number of carboxylic acids is 1. The molecule has 15 heavy (non-hydrogen) atoms. The third-order valence-electron chi connectivity index (χ3n) is 3.04. The summed E-state index contributed by atoms with van der Waals surface area (Å²) in [5, 5.41) is 9.16. The van der Waals surface area contributed by atoms with E-state index in [0.717, 1.165) is 11.3 Å². The maximum absolute atomic E-state index is 11.1. The molecular weight excluding hydrogens is 190 g/mol. The van der Waals surface area contributed by atoms with Gasteiger partial charge in [0.05, 0.1) is 5.92 Å². The Balaban J connectivity index is 3.16. The van der Waals surface area contributed by atoms with Crippen molar-refractivity contribution in [2.24, 2.45) is 22.2 Å². The lowest BCUT2D eigenvalue weighted by Gasteiger charge is -2.36. The molecule has 1 aliphatic rings. The predicted molar refractivity (Wildman–Crippen MR) is 60.9 cm³/mol. The van der Waals surface area contributed by atoms with E-state index in [9.17, 15) is 4.79 Å². The summed E-state index contributed by atoms with van der Waals surface area (Å²) >= 11 is 0. The summed E-state index contributed by atoms with van der Waals surface area (Å²) in [4.78, 5) is 15.3. The summed E-state index contributed by atoms with van der Waals surface area (Å²) in [6.45, 7) is 10.1. The number of allylic oxidation sites excluding steroid dienone is 2. The van der Waals surface area contributed by atoms with Crippen molar-refractivity contribution in [1.82, 2.24) is 0 Å². The second kappa shape index (κ2) is 3.80. The molecule has 2 unspecified atom stereocenters. The molecule has 0 aromatic carbocycles. The van der Waals surface area contributed by atoms with Gasteiger partial charge in [-0.3, -0.25) is 9.79 Å². The van der Waals surface area contributed by atoms with E-state index in [0.29, 0.717) is 0 Å². The van der Waals surface area contributed by atoms with Crippen LogP contribution in [0.5, 0.6) is 0 Å². The van der Waals surface area contributed by atoms with Gasteiger partial charge in [0.1, 0.15) is 0 Å². The second-order valence-corrected chi connectivity index (χ2v) is 5.25. The van der Waals surface area contributed by atoms with E-state index < -0.39 is 11.9 Å². The molecule has 0 saturated carbocycles. The third-order valence-corrected chi connectivity index (χ3v) is 3.04. The van der Waals surface area contributed by atoms with Crippen molar-refractivity contribution in [2.75, 3.05) is 0 Å². The number of nitrogens with zero attached hydrogens (tertiary/aromatic N) is 1. The lowest BCUT2D eigenvalue weighted by molar-refractivity contribution is -0.141. The van der Waals surface area contributed by atoms with Crippen molar-refractivity contribution < 1.29 is 9.90 Å². The molecule has 0 saturated heterocycles. The summed E-state index contributed by atoms with van der Waals surface area (Å²) < 4.78 is 0. The minimum Gasteiger partial charge on any atom is -0.481 e. The molecule has 0 fully saturated rings. The van der Waals surface area contributed by atoms with Crippen LogP contribution < -0.4 is 0 Å². The van der Waals surface area contributed by atoms with Gasteiger partial charge in [-0.15, -0.1) is 0 Å². The summed E-state index contributed by atoms with van der Waals surface area (Å²) in [7, 11) is 0. The first-order chi connectivity index (χ1) is 6.75. The molecule has 0 radical (unpaired) electrons. The van der Waals surface area contributed by atoms with Crippen LogP contribution in [-0.4, -0.2) is 17.3 Å². The van der Waals surface area contributed by atoms with Crippen molar-refractivity contribution in [3.63, 3.8) is 0 Å². The Kier molecular flexibility index (Phi) is 3.03. The largest absolute Gasteiger partial charge is 0.481 e. The van der Waals surface area contributed by atoms with Gasteiger partial charge < -0.3 is 5.11 Å². The second-order valence-electron chi connectivity index (χ2n) is 5.25. The van der Waals surface area contributed by atoms with Crippen molar-refractivity contribution in [1.29, 1.82) is 0 Å². The Hall–Kier alpha value is -1.12. The number of hydrogen-bond donors (Lipinski definition) is 1. The number of aliphatic carboxylic acids is 1. The molecule has 0 bridgehead atoms. The lowest BCUT2D eigenvalue weighted by atomic mass is 9.68. The highest BCUT2D eigenvalue weighted by molar-refractivity contribution is 5.90. The Morgan fingerprint density at radius 1 is 1.40 bits per heavy atom. The fourth-order valence-corrected chi connectivity index (χ4v) is 2.27. The highest BCUT2D eigenvalue weighted by Gasteiger charge is 2.39. The Morgan fingerprint density at radius 3 is 2.33 bits per heavy atom. The van der Waals surface area contributed by atoms with E-state index in [1.807, 2.05) is 13.8 Å². The smallest absolute Gasteiger partial charge is 0.312 e. The number of carbonyl (C=O) groups is 1. The van der Waals surface area contributed by atoms with Gasteiger partial charge in [-0.05, 0) is 24.8 Å². The van der Waals surface area contributed by atoms with Crippen LogP contribution in [0.3, 0.4) is 0 Å². The van der Waals surface area contributed by atoms with Crippen LogP contribution in [0.25, 0.3) is 0 Å². The van der Waals surface area contributed by atoms with Gasteiger partial charge in [-0.2, -0.15) is 0 Å². The van der Waals surface area contributed by atoms with Gasteiger partial charge in [0, 0.05) is 17.8 Å². The molecule has 0 spiro atoms. The molecule has 3 nitrogen and oxygen atoms in total. The van der Waals surface area contributed by atoms with Crippen LogP contribution in [0.4, 0.5) is 0 Å². The molecule has 1 N–H and O–H groups in total. The van der Waals surface area contributed by atoms with Crippen LogP contribution in [0, 0.1) is 17.3 Å². The SMILES string of the molecule is CC1=C(C)C(C(C)(C)C)C(C(=O)O)C=N1. The molecule has 0 aromatic heterocycles. The normalized spacial score (nSPS) is 27.0.